The number of hydrogen-bond acceptors (Lipinski definition) is 3. The lowest BCUT2D eigenvalue weighted by Crippen LogP contribution is -2.46. The standard InChI is InChI=1S/C23H21F3N4/c24-23(25,26)22-15-18-14-19(16-30(18)27-22)28-10-12-29(13-11-28)21-9-5-4-8-20(21)17-6-2-1-3-7-17/h1-9,14-15H,10-13,16H2. The van der Waals surface area contributed by atoms with Crippen LogP contribution >= 0.6 is 0 Å². The van der Waals surface area contributed by atoms with Gasteiger partial charge in [0.15, 0.2) is 5.69 Å². The third-order valence-corrected chi connectivity index (χ3v) is 5.74. The highest BCUT2D eigenvalue weighted by molar-refractivity contribution is 5.78. The van der Waals surface area contributed by atoms with Gasteiger partial charge in [-0.1, -0.05) is 48.5 Å². The number of piperazine rings is 1. The highest BCUT2D eigenvalue weighted by atomic mass is 19.4. The molecule has 7 heteroatoms. The third-order valence-electron chi connectivity index (χ3n) is 5.74. The van der Waals surface area contributed by atoms with Crippen LogP contribution in [-0.4, -0.2) is 40.9 Å². The molecular formula is C23H21F3N4. The van der Waals surface area contributed by atoms with Gasteiger partial charge in [0.1, 0.15) is 0 Å². The number of alkyl halides is 3. The normalized spacial score (nSPS) is 16.6. The van der Waals surface area contributed by atoms with Crippen molar-refractivity contribution in [1.29, 1.82) is 0 Å². The molecule has 0 bridgehead atoms. The van der Waals surface area contributed by atoms with Crippen LogP contribution < -0.4 is 4.90 Å². The fourth-order valence-electron chi connectivity index (χ4n) is 4.22. The molecule has 1 fully saturated rings. The lowest BCUT2D eigenvalue weighted by Gasteiger charge is -2.38. The number of anilines is 1. The lowest BCUT2D eigenvalue weighted by atomic mass is 10.0. The van der Waals surface area contributed by atoms with Crippen LogP contribution in [0.1, 0.15) is 11.4 Å². The van der Waals surface area contributed by atoms with E-state index < -0.39 is 11.9 Å². The zero-order valence-electron chi connectivity index (χ0n) is 16.3. The molecule has 2 aromatic carbocycles. The molecule has 0 atom stereocenters. The second-order valence-corrected chi connectivity index (χ2v) is 7.60. The summed E-state index contributed by atoms with van der Waals surface area (Å²) in [6, 6.07) is 19.9. The van der Waals surface area contributed by atoms with Crippen LogP contribution in [0.3, 0.4) is 0 Å². The van der Waals surface area contributed by atoms with Crippen LogP contribution in [-0.2, 0) is 12.7 Å². The van der Waals surface area contributed by atoms with E-state index in [1.54, 1.807) is 0 Å². The van der Waals surface area contributed by atoms with E-state index in [9.17, 15) is 13.2 Å². The molecule has 2 aliphatic rings. The van der Waals surface area contributed by atoms with Gasteiger partial charge in [-0.25, -0.2) is 0 Å². The molecule has 0 unspecified atom stereocenters. The number of rotatable bonds is 3. The quantitative estimate of drug-likeness (QED) is 0.623. The van der Waals surface area contributed by atoms with Gasteiger partial charge in [-0.15, -0.1) is 0 Å². The first-order valence-electron chi connectivity index (χ1n) is 9.99. The molecule has 0 spiro atoms. The lowest BCUT2D eigenvalue weighted by molar-refractivity contribution is -0.141. The van der Waals surface area contributed by atoms with Gasteiger partial charge in [0.25, 0.3) is 0 Å². The first-order chi connectivity index (χ1) is 14.5. The zero-order valence-corrected chi connectivity index (χ0v) is 16.3. The first kappa shape index (κ1) is 18.8. The van der Waals surface area contributed by atoms with E-state index in [4.69, 9.17) is 0 Å². The summed E-state index contributed by atoms with van der Waals surface area (Å²) >= 11 is 0. The fourth-order valence-corrected chi connectivity index (χ4v) is 4.22. The van der Waals surface area contributed by atoms with Crippen LogP contribution in [0.25, 0.3) is 17.2 Å². The van der Waals surface area contributed by atoms with E-state index in [2.05, 4.69) is 51.3 Å². The van der Waals surface area contributed by atoms with Gasteiger partial charge in [-0.2, -0.15) is 18.3 Å². The van der Waals surface area contributed by atoms with Crippen molar-refractivity contribution in [1.82, 2.24) is 14.7 Å². The van der Waals surface area contributed by atoms with E-state index in [1.165, 1.54) is 21.5 Å². The number of aromatic nitrogens is 2. The van der Waals surface area contributed by atoms with Crippen molar-refractivity contribution in [2.45, 2.75) is 12.7 Å². The van der Waals surface area contributed by atoms with Gasteiger partial charge in [-0.3, -0.25) is 4.68 Å². The molecule has 0 amide bonds. The average Bonchev–Trinajstić information content (AvgIpc) is 3.34. The second-order valence-electron chi connectivity index (χ2n) is 7.60. The summed E-state index contributed by atoms with van der Waals surface area (Å²) in [6.45, 7) is 3.76. The molecule has 3 heterocycles. The van der Waals surface area contributed by atoms with Crippen LogP contribution in [0.15, 0.2) is 66.4 Å². The average molecular weight is 410 g/mol. The molecule has 4 nitrogen and oxygen atoms in total. The number of halogens is 3. The Bertz CT molecular complexity index is 1080. The summed E-state index contributed by atoms with van der Waals surface area (Å²) in [7, 11) is 0. The van der Waals surface area contributed by atoms with Crippen molar-refractivity contribution in [3.63, 3.8) is 0 Å². The van der Waals surface area contributed by atoms with E-state index in [1.807, 2.05) is 24.3 Å². The van der Waals surface area contributed by atoms with Crippen LogP contribution in [0.5, 0.6) is 0 Å². The van der Waals surface area contributed by atoms with E-state index in [0.29, 0.717) is 12.2 Å². The van der Waals surface area contributed by atoms with Gasteiger partial charge < -0.3 is 9.80 Å². The summed E-state index contributed by atoms with van der Waals surface area (Å²) in [4.78, 5) is 4.64. The number of hydrogen-bond donors (Lipinski definition) is 0. The molecule has 1 aromatic heterocycles. The van der Waals surface area contributed by atoms with Gasteiger partial charge in [0.05, 0.1) is 12.2 Å². The van der Waals surface area contributed by atoms with Crippen molar-refractivity contribution in [2.24, 2.45) is 0 Å². The summed E-state index contributed by atoms with van der Waals surface area (Å²) in [5, 5.41) is 3.72. The molecule has 5 rings (SSSR count). The van der Waals surface area contributed by atoms with Gasteiger partial charge in [0.2, 0.25) is 0 Å². The Kier molecular flexibility index (Phi) is 4.53. The van der Waals surface area contributed by atoms with Crippen molar-refractivity contribution < 1.29 is 13.2 Å². The Hall–Kier alpha value is -3.22. The van der Waals surface area contributed by atoms with Crippen molar-refractivity contribution >= 4 is 11.8 Å². The molecule has 154 valence electrons. The highest BCUT2D eigenvalue weighted by Crippen LogP contribution is 2.34. The Morgan fingerprint density at radius 3 is 2.17 bits per heavy atom. The Labute approximate surface area is 172 Å². The molecule has 30 heavy (non-hydrogen) atoms. The number of para-hydroxylation sites is 1. The minimum Gasteiger partial charge on any atom is -0.370 e. The minimum atomic E-state index is -4.40. The number of nitrogens with zero attached hydrogens (tertiary/aromatic N) is 4. The van der Waals surface area contributed by atoms with Crippen LogP contribution in [0.2, 0.25) is 0 Å². The molecule has 0 radical (unpaired) electrons. The fraction of sp³-hybridized carbons (Fsp3) is 0.261. The predicted octanol–water partition coefficient (Wildman–Crippen LogP) is 4.75. The molecule has 0 aliphatic carbocycles. The maximum absolute atomic E-state index is 12.8. The Balaban J connectivity index is 1.29. The summed E-state index contributed by atoms with van der Waals surface area (Å²) < 4.78 is 40.0. The predicted molar refractivity (Wildman–Crippen MR) is 111 cm³/mol. The highest BCUT2D eigenvalue weighted by Gasteiger charge is 2.36. The number of allylic oxidation sites excluding steroid dienone is 1. The first-order valence-corrected chi connectivity index (χ1v) is 9.99. The third kappa shape index (κ3) is 3.44. The van der Waals surface area contributed by atoms with E-state index in [0.717, 1.165) is 37.9 Å². The summed E-state index contributed by atoms with van der Waals surface area (Å²) in [5.74, 6) is 0. The van der Waals surface area contributed by atoms with Gasteiger partial charge >= 0.3 is 6.18 Å². The largest absolute Gasteiger partial charge is 0.435 e. The van der Waals surface area contributed by atoms with Crippen LogP contribution in [0, 0.1) is 0 Å². The maximum atomic E-state index is 12.8. The molecule has 0 N–H and O–H groups in total. The Morgan fingerprint density at radius 2 is 1.47 bits per heavy atom. The summed E-state index contributed by atoms with van der Waals surface area (Å²) in [6.07, 6.45) is -2.57. The van der Waals surface area contributed by atoms with E-state index >= 15 is 0 Å². The SMILES string of the molecule is FC(F)(F)c1cc2n(n1)CC(N1CCN(c3ccccc3-c3ccccc3)CC1)=C2. The monoisotopic (exact) mass is 410 g/mol. The minimum absolute atomic E-state index is 0.395. The zero-order chi connectivity index (χ0) is 20.7. The summed E-state index contributed by atoms with van der Waals surface area (Å²) in [5.41, 5.74) is 4.35. The molecule has 2 aliphatic heterocycles. The van der Waals surface area contributed by atoms with E-state index in [-0.39, 0.29) is 0 Å². The topological polar surface area (TPSA) is 24.3 Å². The number of fused-ring (bicyclic) bond motifs is 1. The molecular weight excluding hydrogens is 389 g/mol. The van der Waals surface area contributed by atoms with Gasteiger partial charge in [0, 0.05) is 43.1 Å². The molecule has 0 saturated carbocycles. The molecule has 1 saturated heterocycles. The van der Waals surface area contributed by atoms with Crippen LogP contribution in [0.4, 0.5) is 18.9 Å². The van der Waals surface area contributed by atoms with Crippen molar-refractivity contribution in [2.75, 3.05) is 31.1 Å². The maximum Gasteiger partial charge on any atom is 0.435 e. The smallest absolute Gasteiger partial charge is 0.370 e. The second kappa shape index (κ2) is 7.23. The molecule has 3 aromatic rings. The number of benzene rings is 2. The van der Waals surface area contributed by atoms with Gasteiger partial charge in [-0.05, 0) is 23.8 Å². The van der Waals surface area contributed by atoms with Crippen molar-refractivity contribution in [3.8, 4) is 11.1 Å². The van der Waals surface area contributed by atoms with Crippen molar-refractivity contribution in [3.05, 3.63) is 77.7 Å². The Morgan fingerprint density at radius 1 is 0.800 bits per heavy atom.